The monoisotopic (exact) mass is 140 g/mol. The van der Waals surface area contributed by atoms with E-state index in [2.05, 4.69) is 0 Å². The zero-order chi connectivity index (χ0) is 8.15. The molecule has 2 nitrogen and oxygen atoms in total. The first-order chi connectivity index (χ1) is 4.63. The summed E-state index contributed by atoms with van der Waals surface area (Å²) in [5.74, 6) is 0.373. The fraction of sp³-hybridized carbons (Fsp3) is 0.625. The van der Waals surface area contributed by atoms with E-state index in [1.165, 1.54) is 6.21 Å². The molecule has 58 valence electrons. The van der Waals surface area contributed by atoms with Crippen LogP contribution in [0.2, 0.25) is 0 Å². The molecule has 0 aromatic rings. The maximum atomic E-state index is 7.06. The second kappa shape index (κ2) is 4.09. The van der Waals surface area contributed by atoms with Gasteiger partial charge in [-0.2, -0.15) is 0 Å². The Morgan fingerprint density at radius 2 is 2.10 bits per heavy atom. The van der Waals surface area contributed by atoms with Gasteiger partial charge in [-0.1, -0.05) is 20.8 Å². The zero-order valence-electron chi connectivity index (χ0n) is 6.94. The predicted molar refractivity (Wildman–Crippen MR) is 45.1 cm³/mol. The van der Waals surface area contributed by atoms with Gasteiger partial charge in [0.1, 0.15) is 0 Å². The van der Waals surface area contributed by atoms with Crippen LogP contribution in [0.1, 0.15) is 27.2 Å². The van der Waals surface area contributed by atoms with Crippen molar-refractivity contribution >= 4 is 6.21 Å². The average Bonchev–Trinajstić information content (AvgIpc) is 1.88. The third-order valence-corrected chi connectivity index (χ3v) is 1.53. The standard InChI is InChI=1S/C8H16N2/c1-4-8(10)7(5-9)6(2)3/h5-6,9H,4,10H2,1-3H3/b8-7+,9-5?. The van der Waals surface area contributed by atoms with Crippen molar-refractivity contribution in [2.24, 2.45) is 11.7 Å². The van der Waals surface area contributed by atoms with Gasteiger partial charge >= 0.3 is 0 Å². The number of nitrogens with one attached hydrogen (secondary N) is 1. The van der Waals surface area contributed by atoms with E-state index in [1.807, 2.05) is 20.8 Å². The van der Waals surface area contributed by atoms with Gasteiger partial charge in [-0.3, -0.25) is 0 Å². The number of nitrogens with two attached hydrogens (primary N) is 1. The third-order valence-electron chi connectivity index (χ3n) is 1.53. The molecule has 0 unspecified atom stereocenters. The molecule has 0 saturated carbocycles. The van der Waals surface area contributed by atoms with Gasteiger partial charge in [0.25, 0.3) is 0 Å². The van der Waals surface area contributed by atoms with E-state index in [1.54, 1.807) is 0 Å². The van der Waals surface area contributed by atoms with E-state index in [-0.39, 0.29) is 0 Å². The maximum absolute atomic E-state index is 7.06. The molecule has 0 aromatic carbocycles. The van der Waals surface area contributed by atoms with Gasteiger partial charge in [-0.25, -0.2) is 0 Å². The largest absolute Gasteiger partial charge is 0.402 e. The van der Waals surface area contributed by atoms with E-state index < -0.39 is 0 Å². The Balaban J connectivity index is 4.45. The van der Waals surface area contributed by atoms with Crippen molar-refractivity contribution in [3.05, 3.63) is 11.3 Å². The van der Waals surface area contributed by atoms with E-state index in [0.29, 0.717) is 5.92 Å². The average molecular weight is 140 g/mol. The molecule has 0 rings (SSSR count). The maximum Gasteiger partial charge on any atom is 0.0229 e. The smallest absolute Gasteiger partial charge is 0.0229 e. The summed E-state index contributed by atoms with van der Waals surface area (Å²) < 4.78 is 0. The van der Waals surface area contributed by atoms with E-state index >= 15 is 0 Å². The first-order valence-corrected chi connectivity index (χ1v) is 3.62. The second-order valence-corrected chi connectivity index (χ2v) is 2.63. The Bertz CT molecular complexity index is 145. The molecule has 0 bridgehead atoms. The van der Waals surface area contributed by atoms with Gasteiger partial charge in [0.05, 0.1) is 0 Å². The highest BCUT2D eigenvalue weighted by Gasteiger charge is 2.02. The molecule has 10 heavy (non-hydrogen) atoms. The van der Waals surface area contributed by atoms with Gasteiger partial charge < -0.3 is 11.1 Å². The lowest BCUT2D eigenvalue weighted by Gasteiger charge is -2.08. The number of hydrogen-bond donors (Lipinski definition) is 2. The summed E-state index contributed by atoms with van der Waals surface area (Å²) in [5, 5.41) is 7.06. The van der Waals surface area contributed by atoms with E-state index in [0.717, 1.165) is 17.7 Å². The van der Waals surface area contributed by atoms with Crippen LogP contribution in [0.5, 0.6) is 0 Å². The Hall–Kier alpha value is -0.790. The van der Waals surface area contributed by atoms with Crippen molar-refractivity contribution in [2.45, 2.75) is 27.2 Å². The van der Waals surface area contributed by atoms with Crippen molar-refractivity contribution < 1.29 is 0 Å². The Morgan fingerprint density at radius 3 is 2.20 bits per heavy atom. The van der Waals surface area contributed by atoms with Crippen molar-refractivity contribution in [1.29, 1.82) is 5.41 Å². The van der Waals surface area contributed by atoms with Gasteiger partial charge in [0.2, 0.25) is 0 Å². The third kappa shape index (κ3) is 2.21. The quantitative estimate of drug-likeness (QED) is 0.578. The highest BCUT2D eigenvalue weighted by Crippen LogP contribution is 2.10. The van der Waals surface area contributed by atoms with Crippen molar-refractivity contribution in [2.75, 3.05) is 0 Å². The molecule has 0 aliphatic heterocycles. The molecule has 0 atom stereocenters. The first-order valence-electron chi connectivity index (χ1n) is 3.62. The number of allylic oxidation sites excluding steroid dienone is 2. The first kappa shape index (κ1) is 9.21. The second-order valence-electron chi connectivity index (χ2n) is 2.63. The normalized spacial score (nSPS) is 13.2. The van der Waals surface area contributed by atoms with E-state index in [9.17, 15) is 0 Å². The number of hydrogen-bond acceptors (Lipinski definition) is 2. The summed E-state index contributed by atoms with van der Waals surface area (Å²) >= 11 is 0. The number of rotatable bonds is 3. The molecular weight excluding hydrogens is 124 g/mol. The van der Waals surface area contributed by atoms with Gasteiger partial charge in [0.15, 0.2) is 0 Å². The summed E-state index contributed by atoms with van der Waals surface area (Å²) in [6.45, 7) is 6.09. The molecule has 0 aliphatic carbocycles. The van der Waals surface area contributed by atoms with Crippen molar-refractivity contribution in [3.8, 4) is 0 Å². The van der Waals surface area contributed by atoms with Gasteiger partial charge in [0, 0.05) is 11.9 Å². The lowest BCUT2D eigenvalue weighted by Crippen LogP contribution is -2.06. The minimum Gasteiger partial charge on any atom is -0.402 e. The molecule has 0 saturated heterocycles. The highest BCUT2D eigenvalue weighted by molar-refractivity contribution is 5.77. The summed E-state index contributed by atoms with van der Waals surface area (Å²) in [6.07, 6.45) is 2.19. The molecule has 0 heterocycles. The Labute approximate surface area is 62.6 Å². The molecule has 2 heteroatoms. The lowest BCUT2D eigenvalue weighted by atomic mass is 10.0. The van der Waals surface area contributed by atoms with Crippen LogP contribution in [0.15, 0.2) is 11.3 Å². The van der Waals surface area contributed by atoms with Crippen LogP contribution in [-0.4, -0.2) is 6.21 Å². The predicted octanol–water partition coefficient (Wildman–Crippen LogP) is 1.91. The molecule has 0 spiro atoms. The summed E-state index contributed by atoms with van der Waals surface area (Å²) in [4.78, 5) is 0. The Morgan fingerprint density at radius 1 is 1.60 bits per heavy atom. The molecule has 0 amide bonds. The van der Waals surface area contributed by atoms with Crippen molar-refractivity contribution in [3.63, 3.8) is 0 Å². The summed E-state index contributed by atoms with van der Waals surface area (Å²) in [5.41, 5.74) is 7.46. The van der Waals surface area contributed by atoms with Crippen LogP contribution in [0, 0.1) is 11.3 Å². The van der Waals surface area contributed by atoms with Crippen LogP contribution in [0.3, 0.4) is 0 Å². The summed E-state index contributed by atoms with van der Waals surface area (Å²) in [7, 11) is 0. The molecule has 3 N–H and O–H groups in total. The fourth-order valence-electron chi connectivity index (χ4n) is 0.834. The topological polar surface area (TPSA) is 49.9 Å². The van der Waals surface area contributed by atoms with Crippen LogP contribution >= 0.6 is 0 Å². The van der Waals surface area contributed by atoms with Crippen molar-refractivity contribution in [1.82, 2.24) is 0 Å². The molecule has 0 fully saturated rings. The van der Waals surface area contributed by atoms with Crippen LogP contribution in [0.25, 0.3) is 0 Å². The lowest BCUT2D eigenvalue weighted by molar-refractivity contribution is 0.782. The van der Waals surface area contributed by atoms with Crippen LogP contribution in [0.4, 0.5) is 0 Å². The Kier molecular flexibility index (Phi) is 3.77. The fourth-order valence-corrected chi connectivity index (χ4v) is 0.834. The molecule has 0 radical (unpaired) electrons. The minimum absolute atomic E-state index is 0.373. The molecule has 0 aliphatic rings. The van der Waals surface area contributed by atoms with E-state index in [4.69, 9.17) is 11.1 Å². The molecule has 0 aromatic heterocycles. The highest BCUT2D eigenvalue weighted by atomic mass is 14.6. The van der Waals surface area contributed by atoms with Gasteiger partial charge in [-0.15, -0.1) is 0 Å². The van der Waals surface area contributed by atoms with Crippen LogP contribution < -0.4 is 5.73 Å². The summed E-state index contributed by atoms with van der Waals surface area (Å²) in [6, 6.07) is 0. The van der Waals surface area contributed by atoms with Crippen LogP contribution in [-0.2, 0) is 0 Å². The zero-order valence-corrected chi connectivity index (χ0v) is 6.94. The SMILES string of the molecule is CC/C(N)=C(/C=N)C(C)C. The minimum atomic E-state index is 0.373. The van der Waals surface area contributed by atoms with Gasteiger partial charge in [-0.05, 0) is 17.9 Å². The molecular formula is C8H16N2.